The molecule has 0 fully saturated rings. The Hall–Kier alpha value is -2.44. The van der Waals surface area contributed by atoms with Gasteiger partial charge in [0.25, 0.3) is 0 Å². The molecule has 0 aliphatic carbocycles. The minimum Gasteiger partial charge on any atom is -0.508 e. The third-order valence-electron chi connectivity index (χ3n) is 4.09. The van der Waals surface area contributed by atoms with Crippen LogP contribution in [0.1, 0.15) is 12.5 Å². The molecule has 0 saturated carbocycles. The van der Waals surface area contributed by atoms with Gasteiger partial charge in [0.05, 0.1) is 6.04 Å². The highest BCUT2D eigenvalue weighted by atomic mass is 32.1. The van der Waals surface area contributed by atoms with Crippen molar-refractivity contribution in [2.24, 2.45) is 5.73 Å². The Labute approximate surface area is 184 Å². The largest absolute Gasteiger partial charge is 0.508 e. The number of rotatable bonds is 11. The molecule has 0 aromatic heterocycles. The van der Waals surface area contributed by atoms with Crippen LogP contribution < -0.4 is 21.7 Å². The van der Waals surface area contributed by atoms with E-state index >= 15 is 0 Å². The molecule has 166 valence electrons. The molecule has 3 amide bonds. The maximum absolute atomic E-state index is 12.4. The second-order valence-electron chi connectivity index (χ2n) is 6.53. The first-order valence-corrected chi connectivity index (χ1v) is 10.2. The third-order valence-corrected chi connectivity index (χ3v) is 4.85. The van der Waals surface area contributed by atoms with E-state index in [4.69, 9.17) is 5.73 Å². The summed E-state index contributed by atoms with van der Waals surface area (Å²) in [4.78, 5) is 48.0. The lowest BCUT2D eigenvalue weighted by atomic mass is 10.1. The van der Waals surface area contributed by atoms with Gasteiger partial charge in [-0.2, -0.15) is 25.3 Å². The molecule has 12 heteroatoms. The van der Waals surface area contributed by atoms with E-state index in [0.29, 0.717) is 5.56 Å². The van der Waals surface area contributed by atoms with Gasteiger partial charge < -0.3 is 31.9 Å². The van der Waals surface area contributed by atoms with Crippen LogP contribution in [0.3, 0.4) is 0 Å². The second kappa shape index (κ2) is 12.3. The lowest BCUT2D eigenvalue weighted by molar-refractivity contribution is -0.142. The minimum absolute atomic E-state index is 0.0149. The third kappa shape index (κ3) is 8.13. The van der Waals surface area contributed by atoms with Gasteiger partial charge >= 0.3 is 5.97 Å². The van der Waals surface area contributed by atoms with E-state index in [1.807, 2.05) is 0 Å². The van der Waals surface area contributed by atoms with Gasteiger partial charge in [0.2, 0.25) is 17.7 Å². The molecule has 0 aliphatic heterocycles. The Bertz CT molecular complexity index is 762. The summed E-state index contributed by atoms with van der Waals surface area (Å²) in [6.07, 6.45) is -0.0149. The molecule has 0 spiro atoms. The van der Waals surface area contributed by atoms with E-state index in [1.165, 1.54) is 31.2 Å². The van der Waals surface area contributed by atoms with Crippen molar-refractivity contribution in [2.75, 3.05) is 11.5 Å². The number of aromatic hydroxyl groups is 1. The van der Waals surface area contributed by atoms with Crippen molar-refractivity contribution >= 4 is 48.9 Å². The average molecular weight is 459 g/mol. The molecule has 1 aromatic rings. The summed E-state index contributed by atoms with van der Waals surface area (Å²) < 4.78 is 0. The van der Waals surface area contributed by atoms with Gasteiger partial charge in [0.1, 0.15) is 23.9 Å². The summed E-state index contributed by atoms with van der Waals surface area (Å²) in [5.74, 6) is -3.14. The zero-order chi connectivity index (χ0) is 22.8. The van der Waals surface area contributed by atoms with Crippen molar-refractivity contribution in [1.29, 1.82) is 0 Å². The summed E-state index contributed by atoms with van der Waals surface area (Å²) in [5, 5.41) is 25.8. The van der Waals surface area contributed by atoms with Gasteiger partial charge in [0.15, 0.2) is 0 Å². The number of amides is 3. The van der Waals surface area contributed by atoms with E-state index < -0.39 is 47.9 Å². The first kappa shape index (κ1) is 25.6. The number of nitrogens with two attached hydrogens (primary N) is 1. The fourth-order valence-corrected chi connectivity index (χ4v) is 2.72. The average Bonchev–Trinajstić information content (AvgIpc) is 2.71. The number of thiol groups is 2. The van der Waals surface area contributed by atoms with Crippen LogP contribution in [0.4, 0.5) is 0 Å². The van der Waals surface area contributed by atoms with Gasteiger partial charge in [-0.3, -0.25) is 14.4 Å². The Morgan fingerprint density at radius 1 is 0.933 bits per heavy atom. The normalized spacial score (nSPS) is 14.7. The highest BCUT2D eigenvalue weighted by molar-refractivity contribution is 7.80. The van der Waals surface area contributed by atoms with Gasteiger partial charge in [-0.1, -0.05) is 12.1 Å². The Morgan fingerprint density at radius 3 is 2.00 bits per heavy atom. The van der Waals surface area contributed by atoms with Gasteiger partial charge in [-0.05, 0) is 24.6 Å². The molecule has 0 aliphatic rings. The number of hydrogen-bond donors (Lipinski definition) is 8. The number of benzene rings is 1. The number of carbonyl (C=O) groups excluding carboxylic acids is 3. The Morgan fingerprint density at radius 2 is 1.50 bits per heavy atom. The molecule has 0 saturated heterocycles. The van der Waals surface area contributed by atoms with E-state index in [0.717, 1.165) is 0 Å². The smallest absolute Gasteiger partial charge is 0.326 e. The highest BCUT2D eigenvalue weighted by Crippen LogP contribution is 2.11. The topological polar surface area (TPSA) is 171 Å². The van der Waals surface area contributed by atoms with Crippen LogP contribution in [0.2, 0.25) is 0 Å². The highest BCUT2D eigenvalue weighted by Gasteiger charge is 2.27. The Balaban J connectivity index is 2.69. The fraction of sp³-hybridized carbons (Fsp3) is 0.444. The summed E-state index contributed by atoms with van der Waals surface area (Å²) in [6, 6.07) is 1.65. The molecular weight excluding hydrogens is 432 g/mol. The van der Waals surface area contributed by atoms with E-state index in [-0.39, 0.29) is 23.7 Å². The lowest BCUT2D eigenvalue weighted by Gasteiger charge is -2.22. The predicted octanol–water partition coefficient (Wildman–Crippen LogP) is -1.32. The lowest BCUT2D eigenvalue weighted by Crippen LogP contribution is -2.57. The first-order chi connectivity index (χ1) is 14.1. The number of phenolic OH excluding ortho intramolecular Hbond substituents is 1. The summed E-state index contributed by atoms with van der Waals surface area (Å²) in [5.41, 5.74) is 6.14. The predicted molar refractivity (Wildman–Crippen MR) is 117 cm³/mol. The molecule has 1 aromatic carbocycles. The van der Waals surface area contributed by atoms with Crippen molar-refractivity contribution in [2.45, 2.75) is 37.5 Å². The minimum atomic E-state index is -1.25. The molecule has 0 radical (unpaired) electrons. The van der Waals surface area contributed by atoms with Crippen molar-refractivity contribution in [1.82, 2.24) is 16.0 Å². The van der Waals surface area contributed by atoms with E-state index in [9.17, 15) is 29.4 Å². The molecule has 4 unspecified atom stereocenters. The number of carbonyl (C=O) groups is 4. The zero-order valence-corrected chi connectivity index (χ0v) is 18.0. The number of aliphatic carboxylic acids is 1. The first-order valence-electron chi connectivity index (χ1n) is 8.98. The molecule has 0 heterocycles. The van der Waals surface area contributed by atoms with Crippen molar-refractivity contribution in [3.63, 3.8) is 0 Å². The number of nitrogens with one attached hydrogen (secondary N) is 3. The van der Waals surface area contributed by atoms with Gasteiger partial charge in [0, 0.05) is 17.9 Å². The number of phenols is 1. The number of carboxylic acid groups (broad SMARTS) is 1. The zero-order valence-electron chi connectivity index (χ0n) is 16.2. The molecule has 0 bridgehead atoms. The number of hydrogen-bond acceptors (Lipinski definition) is 8. The van der Waals surface area contributed by atoms with Crippen LogP contribution in [0.15, 0.2) is 24.3 Å². The standard InChI is InChI=1S/C18H26N4O6S2/c1-9(20-17(26)14(8-30)22-16(25)12(19)7-29)15(24)21-13(18(27)28)6-10-2-4-11(23)5-3-10/h2-5,9,12-14,23,29-30H,6-8,19H2,1H3,(H,20,26)(H,21,24)(H,22,25)(H,27,28). The maximum atomic E-state index is 12.4. The molecular formula is C18H26N4O6S2. The van der Waals surface area contributed by atoms with Crippen LogP contribution in [-0.2, 0) is 25.6 Å². The van der Waals surface area contributed by atoms with Crippen molar-refractivity contribution < 1.29 is 29.4 Å². The molecule has 1 rings (SSSR count). The fourth-order valence-electron chi connectivity index (χ4n) is 2.30. The summed E-state index contributed by atoms with van der Waals surface area (Å²) >= 11 is 7.93. The van der Waals surface area contributed by atoms with E-state index in [1.54, 1.807) is 0 Å². The molecule has 30 heavy (non-hydrogen) atoms. The molecule has 7 N–H and O–H groups in total. The maximum Gasteiger partial charge on any atom is 0.326 e. The van der Waals surface area contributed by atoms with Crippen molar-refractivity contribution in [3.05, 3.63) is 29.8 Å². The summed E-state index contributed by atoms with van der Waals surface area (Å²) in [7, 11) is 0. The molecule has 10 nitrogen and oxygen atoms in total. The van der Waals surface area contributed by atoms with Crippen LogP contribution in [0.5, 0.6) is 5.75 Å². The molecule has 4 atom stereocenters. The SMILES string of the molecule is CC(NC(=O)C(CS)NC(=O)C(N)CS)C(=O)NC(Cc1ccc(O)cc1)C(=O)O. The van der Waals surface area contributed by atoms with E-state index in [2.05, 4.69) is 41.2 Å². The van der Waals surface area contributed by atoms with Crippen LogP contribution in [0.25, 0.3) is 0 Å². The van der Waals surface area contributed by atoms with Crippen LogP contribution in [0, 0.1) is 0 Å². The van der Waals surface area contributed by atoms with Gasteiger partial charge in [-0.25, -0.2) is 4.79 Å². The van der Waals surface area contributed by atoms with Crippen molar-refractivity contribution in [3.8, 4) is 5.75 Å². The number of carboxylic acids is 1. The van der Waals surface area contributed by atoms with Gasteiger partial charge in [-0.15, -0.1) is 0 Å². The monoisotopic (exact) mass is 458 g/mol. The quantitative estimate of drug-likeness (QED) is 0.190. The summed E-state index contributed by atoms with van der Waals surface area (Å²) in [6.45, 7) is 1.38. The van der Waals surface area contributed by atoms with Crippen LogP contribution >= 0.6 is 25.3 Å². The Kier molecular flexibility index (Phi) is 10.5. The van der Waals surface area contributed by atoms with Crippen LogP contribution in [-0.4, -0.2) is 69.6 Å². The second-order valence-corrected chi connectivity index (χ2v) is 7.26.